The molecule has 0 aliphatic carbocycles. The molecule has 0 radical (unpaired) electrons. The van der Waals surface area contributed by atoms with Gasteiger partial charge in [0.05, 0.1) is 40.3 Å². The summed E-state index contributed by atoms with van der Waals surface area (Å²) in [7, 11) is 0. The topological polar surface area (TPSA) is 102 Å². The first kappa shape index (κ1) is 16.7. The van der Waals surface area contributed by atoms with Crippen molar-refractivity contribution in [2.45, 2.75) is 28.0 Å². The molecule has 2 saturated heterocycles. The maximum absolute atomic E-state index is 12.9. The van der Waals surface area contributed by atoms with Crippen LogP contribution < -0.4 is 5.32 Å². The number of nitrogens with zero attached hydrogens (tertiary/aromatic N) is 1. The molecular weight excluding hydrogens is 343 g/mol. The molecule has 0 unspecified atom stereocenters. The van der Waals surface area contributed by atoms with Crippen molar-refractivity contribution in [3.63, 3.8) is 0 Å². The Labute approximate surface area is 140 Å². The first-order valence-electron chi connectivity index (χ1n) is 6.94. The summed E-state index contributed by atoms with van der Waals surface area (Å²) in [4.78, 5) is 16.5. The van der Waals surface area contributed by atoms with Crippen LogP contribution in [0.4, 0.5) is 10.1 Å². The van der Waals surface area contributed by atoms with E-state index in [1.165, 1.54) is 24.3 Å². The average Bonchev–Trinajstić information content (AvgIpc) is 2.53. The molecule has 2 aliphatic heterocycles. The van der Waals surface area contributed by atoms with E-state index < -0.39 is 28.0 Å². The van der Waals surface area contributed by atoms with Crippen LogP contribution in [-0.2, 0) is 4.79 Å². The Kier molecular flexibility index (Phi) is 4.93. The highest BCUT2D eigenvalue weighted by Gasteiger charge is 2.50. The third-order valence-electron chi connectivity index (χ3n) is 3.66. The number of carbonyl (C=O) groups is 1. The van der Waals surface area contributed by atoms with E-state index in [0.29, 0.717) is 5.69 Å². The second-order valence-electron chi connectivity index (χ2n) is 5.22. The molecule has 1 amide bonds. The van der Waals surface area contributed by atoms with Gasteiger partial charge < -0.3 is 20.6 Å². The summed E-state index contributed by atoms with van der Waals surface area (Å²) in [6.07, 6.45) is -2.26. The number of thioether (sulfide) groups is 2. The minimum absolute atomic E-state index is 0.289. The molecule has 1 aromatic rings. The average molecular weight is 358 g/mol. The van der Waals surface area contributed by atoms with E-state index in [4.69, 9.17) is 0 Å². The molecule has 2 heterocycles. The minimum atomic E-state index is -1.15. The highest BCUT2D eigenvalue weighted by atomic mass is 32.2. The van der Waals surface area contributed by atoms with Crippen molar-refractivity contribution in [2.24, 2.45) is 4.99 Å². The minimum Gasteiger partial charge on any atom is -0.395 e. The van der Waals surface area contributed by atoms with Gasteiger partial charge in [0, 0.05) is 0 Å². The van der Waals surface area contributed by atoms with Crippen molar-refractivity contribution >= 4 is 40.3 Å². The molecule has 0 aromatic heterocycles. The molecule has 6 nitrogen and oxygen atoms in total. The largest absolute Gasteiger partial charge is 0.395 e. The third kappa shape index (κ3) is 3.38. The Balaban J connectivity index is 1.82. The molecule has 0 spiro atoms. The second-order valence-corrected chi connectivity index (χ2v) is 7.78. The molecule has 9 heteroatoms. The lowest BCUT2D eigenvalue weighted by atomic mass is 10.0. The molecule has 23 heavy (non-hydrogen) atoms. The van der Waals surface area contributed by atoms with Crippen molar-refractivity contribution in [3.05, 3.63) is 30.1 Å². The van der Waals surface area contributed by atoms with Crippen LogP contribution in [0.3, 0.4) is 0 Å². The fourth-order valence-electron chi connectivity index (χ4n) is 2.46. The monoisotopic (exact) mass is 358 g/mol. The van der Waals surface area contributed by atoms with E-state index in [1.807, 2.05) is 0 Å². The SMILES string of the molecule is O=C1NC(=Nc2ccc(F)cc2)S[C@H]2[C@@H](O)[C@H](O)[C@@H](CO)S[C@@H]12. The lowest BCUT2D eigenvalue weighted by Gasteiger charge is -2.43. The van der Waals surface area contributed by atoms with Crippen LogP contribution >= 0.6 is 23.5 Å². The molecule has 5 atom stereocenters. The van der Waals surface area contributed by atoms with Crippen LogP contribution in [-0.4, -0.2) is 61.0 Å². The van der Waals surface area contributed by atoms with E-state index in [0.717, 1.165) is 23.5 Å². The van der Waals surface area contributed by atoms with Crippen LogP contribution in [0.5, 0.6) is 0 Å². The second kappa shape index (κ2) is 6.78. The standard InChI is InChI=1S/C14H15FN2O4S2/c15-6-1-3-7(4-2-6)16-14-17-13(21)12-11(23-14)10(20)9(19)8(5-18)22-12/h1-4,8-12,18-20H,5H2,(H,16,17,21)/t8-,9-,10+,11+,12-/m1/s1. The Morgan fingerprint density at radius 2 is 1.91 bits per heavy atom. The summed E-state index contributed by atoms with van der Waals surface area (Å²) in [5, 5.41) is 30.7. The molecule has 2 fully saturated rings. The number of carbonyl (C=O) groups excluding carboxylic acids is 1. The Bertz CT molecular complexity index is 628. The number of aliphatic hydroxyl groups is 3. The van der Waals surface area contributed by atoms with Gasteiger partial charge in [-0.2, -0.15) is 0 Å². The number of fused-ring (bicyclic) bond motifs is 1. The van der Waals surface area contributed by atoms with Crippen LogP contribution in [0.25, 0.3) is 0 Å². The molecular formula is C14H15FN2O4S2. The van der Waals surface area contributed by atoms with Gasteiger partial charge in [0.1, 0.15) is 5.82 Å². The highest BCUT2D eigenvalue weighted by molar-refractivity contribution is 8.15. The van der Waals surface area contributed by atoms with Crippen LogP contribution in [0.1, 0.15) is 0 Å². The van der Waals surface area contributed by atoms with E-state index in [1.54, 1.807) is 0 Å². The normalized spacial score (nSPS) is 35.7. The summed E-state index contributed by atoms with van der Waals surface area (Å²) < 4.78 is 12.9. The summed E-state index contributed by atoms with van der Waals surface area (Å²) in [5.74, 6) is -0.712. The quantitative estimate of drug-likeness (QED) is 0.604. The molecule has 124 valence electrons. The number of amidine groups is 1. The van der Waals surface area contributed by atoms with E-state index >= 15 is 0 Å². The van der Waals surface area contributed by atoms with Crippen LogP contribution in [0, 0.1) is 5.82 Å². The first-order valence-corrected chi connectivity index (χ1v) is 8.76. The molecule has 1 aromatic carbocycles. The smallest absolute Gasteiger partial charge is 0.240 e. The van der Waals surface area contributed by atoms with Gasteiger partial charge in [-0.25, -0.2) is 9.38 Å². The van der Waals surface area contributed by atoms with Crippen molar-refractivity contribution < 1.29 is 24.5 Å². The van der Waals surface area contributed by atoms with Gasteiger partial charge in [-0.1, -0.05) is 11.8 Å². The van der Waals surface area contributed by atoms with Crippen molar-refractivity contribution in [1.29, 1.82) is 0 Å². The zero-order valence-corrected chi connectivity index (χ0v) is 13.4. The first-order chi connectivity index (χ1) is 11.0. The van der Waals surface area contributed by atoms with Crippen LogP contribution in [0.2, 0.25) is 0 Å². The predicted molar refractivity (Wildman–Crippen MR) is 87.3 cm³/mol. The Hall–Kier alpha value is -1.13. The van der Waals surface area contributed by atoms with Gasteiger partial charge in [-0.3, -0.25) is 4.79 Å². The van der Waals surface area contributed by atoms with Crippen molar-refractivity contribution in [2.75, 3.05) is 6.61 Å². The fourth-order valence-corrected chi connectivity index (χ4v) is 5.22. The number of nitrogens with one attached hydrogen (secondary N) is 1. The van der Waals surface area contributed by atoms with E-state index in [-0.39, 0.29) is 23.5 Å². The van der Waals surface area contributed by atoms with Gasteiger partial charge in [-0.15, -0.1) is 11.8 Å². The summed E-state index contributed by atoms with van der Waals surface area (Å²) >= 11 is 2.30. The third-order valence-corrected chi connectivity index (χ3v) is 6.65. The molecule has 3 rings (SSSR count). The lowest BCUT2D eigenvalue weighted by Crippen LogP contribution is -2.60. The van der Waals surface area contributed by atoms with E-state index in [9.17, 15) is 24.5 Å². The molecule has 2 aliphatic rings. The van der Waals surface area contributed by atoms with E-state index in [2.05, 4.69) is 10.3 Å². The maximum atomic E-state index is 12.9. The Morgan fingerprint density at radius 1 is 1.22 bits per heavy atom. The van der Waals surface area contributed by atoms with Gasteiger partial charge in [0.15, 0.2) is 5.17 Å². The summed E-state index contributed by atoms with van der Waals surface area (Å²) in [6.45, 7) is -0.319. The predicted octanol–water partition coefficient (Wildman–Crippen LogP) is 0.243. The number of rotatable bonds is 2. The zero-order valence-electron chi connectivity index (χ0n) is 11.8. The number of benzene rings is 1. The summed E-state index contributed by atoms with van der Waals surface area (Å²) in [5.41, 5.74) is 0.472. The van der Waals surface area contributed by atoms with Gasteiger partial charge in [-0.05, 0) is 24.3 Å². The number of aliphatic hydroxyl groups excluding tert-OH is 3. The number of amides is 1. The van der Waals surface area contributed by atoms with Crippen LogP contribution in [0.15, 0.2) is 29.3 Å². The molecule has 0 bridgehead atoms. The van der Waals surface area contributed by atoms with Gasteiger partial charge >= 0.3 is 0 Å². The van der Waals surface area contributed by atoms with Crippen molar-refractivity contribution in [1.82, 2.24) is 5.32 Å². The summed E-state index contributed by atoms with van der Waals surface area (Å²) in [6, 6.07) is 5.48. The number of aliphatic imine (C=N–C) groups is 1. The molecule has 0 saturated carbocycles. The van der Waals surface area contributed by atoms with Gasteiger partial charge in [0.25, 0.3) is 0 Å². The zero-order chi connectivity index (χ0) is 16.6. The lowest BCUT2D eigenvalue weighted by molar-refractivity contribution is -0.120. The Morgan fingerprint density at radius 3 is 2.57 bits per heavy atom. The molecule has 4 N–H and O–H groups in total. The van der Waals surface area contributed by atoms with Crippen molar-refractivity contribution in [3.8, 4) is 0 Å². The number of halogens is 1. The number of hydrogen-bond donors (Lipinski definition) is 4. The maximum Gasteiger partial charge on any atom is 0.240 e. The fraction of sp³-hybridized carbons (Fsp3) is 0.429. The van der Waals surface area contributed by atoms with Gasteiger partial charge in [0.2, 0.25) is 5.91 Å². The number of hydrogen-bond acceptors (Lipinski definition) is 7. The highest BCUT2D eigenvalue weighted by Crippen LogP contribution is 2.41.